The Hall–Kier alpha value is -1.13. The van der Waals surface area contributed by atoms with E-state index in [1.807, 2.05) is 32.2 Å². The monoisotopic (exact) mass is 264 g/mol. The molecular formula is C15H24N2O2. The van der Waals surface area contributed by atoms with Gasteiger partial charge in [0.15, 0.2) is 0 Å². The molecule has 0 saturated carbocycles. The van der Waals surface area contributed by atoms with Gasteiger partial charge in [-0.25, -0.2) is 0 Å². The van der Waals surface area contributed by atoms with Gasteiger partial charge in [0.1, 0.15) is 0 Å². The highest BCUT2D eigenvalue weighted by Crippen LogP contribution is 2.25. The minimum absolute atomic E-state index is 0.206. The molecular weight excluding hydrogens is 240 g/mol. The van der Waals surface area contributed by atoms with Crippen LogP contribution in [0.1, 0.15) is 44.9 Å². The molecule has 2 heterocycles. The molecule has 0 spiro atoms. The summed E-state index contributed by atoms with van der Waals surface area (Å²) in [6.07, 6.45) is 3.91. The molecule has 1 aliphatic rings. The number of piperidine rings is 1. The van der Waals surface area contributed by atoms with Gasteiger partial charge in [-0.2, -0.15) is 0 Å². The summed E-state index contributed by atoms with van der Waals surface area (Å²) in [6.45, 7) is 5.75. The molecule has 1 saturated heterocycles. The smallest absolute Gasteiger partial charge is 0.0957 e. The van der Waals surface area contributed by atoms with E-state index >= 15 is 0 Å². The lowest BCUT2D eigenvalue weighted by Gasteiger charge is -2.34. The van der Waals surface area contributed by atoms with E-state index in [0.29, 0.717) is 12.3 Å². The highest BCUT2D eigenvalue weighted by molar-refractivity contribution is 5.45. The van der Waals surface area contributed by atoms with Crippen molar-refractivity contribution < 1.29 is 10.2 Å². The molecule has 2 N–H and O–H groups in total. The standard InChI is InChI=1S/C15H24N2O2/c1-3-15(19)14-5-4-13(10-16-14)17-8-6-12(7-9-17)11(2)18/h4-5,10-12,15,18-19H,3,6-9H2,1-2H3/t11?,15-/m0/s1. The molecule has 1 unspecified atom stereocenters. The van der Waals surface area contributed by atoms with Crippen LogP contribution in [-0.2, 0) is 0 Å². The minimum atomic E-state index is -0.463. The summed E-state index contributed by atoms with van der Waals surface area (Å²) < 4.78 is 0. The average Bonchev–Trinajstić information content (AvgIpc) is 2.46. The Bertz CT molecular complexity index is 384. The van der Waals surface area contributed by atoms with E-state index in [0.717, 1.165) is 37.3 Å². The van der Waals surface area contributed by atoms with E-state index in [-0.39, 0.29) is 6.10 Å². The van der Waals surface area contributed by atoms with Crippen LogP contribution < -0.4 is 4.90 Å². The second-order valence-electron chi connectivity index (χ2n) is 5.43. The number of hydrogen-bond donors (Lipinski definition) is 2. The predicted molar refractivity (Wildman–Crippen MR) is 76.1 cm³/mol. The van der Waals surface area contributed by atoms with Crippen molar-refractivity contribution in [2.45, 2.75) is 45.3 Å². The van der Waals surface area contributed by atoms with Crippen LogP contribution in [0.5, 0.6) is 0 Å². The molecule has 0 radical (unpaired) electrons. The Labute approximate surface area is 115 Å². The first-order chi connectivity index (χ1) is 9.11. The molecule has 1 aromatic rings. The summed E-state index contributed by atoms with van der Waals surface area (Å²) in [5.74, 6) is 0.422. The maximum Gasteiger partial charge on any atom is 0.0957 e. The van der Waals surface area contributed by atoms with Crippen molar-refractivity contribution in [1.82, 2.24) is 4.98 Å². The van der Waals surface area contributed by atoms with Crippen molar-refractivity contribution in [3.8, 4) is 0 Å². The van der Waals surface area contributed by atoms with E-state index in [4.69, 9.17) is 0 Å². The van der Waals surface area contributed by atoms with Crippen LogP contribution in [0, 0.1) is 5.92 Å². The molecule has 0 amide bonds. The van der Waals surface area contributed by atoms with Gasteiger partial charge in [0.05, 0.1) is 29.8 Å². The molecule has 1 fully saturated rings. The molecule has 19 heavy (non-hydrogen) atoms. The average molecular weight is 264 g/mol. The summed E-state index contributed by atoms with van der Waals surface area (Å²) in [7, 11) is 0. The van der Waals surface area contributed by atoms with Crippen LogP contribution in [0.3, 0.4) is 0 Å². The number of pyridine rings is 1. The molecule has 2 atom stereocenters. The zero-order valence-electron chi connectivity index (χ0n) is 11.8. The van der Waals surface area contributed by atoms with E-state index in [1.54, 1.807) is 0 Å². The number of hydrogen-bond acceptors (Lipinski definition) is 4. The quantitative estimate of drug-likeness (QED) is 0.874. The van der Waals surface area contributed by atoms with Crippen molar-refractivity contribution in [2.24, 2.45) is 5.92 Å². The molecule has 1 aliphatic heterocycles. The van der Waals surface area contributed by atoms with Crippen LogP contribution in [-0.4, -0.2) is 34.4 Å². The van der Waals surface area contributed by atoms with Gasteiger partial charge in [-0.3, -0.25) is 4.98 Å². The third-order valence-corrected chi connectivity index (χ3v) is 4.09. The molecule has 4 heteroatoms. The summed E-state index contributed by atoms with van der Waals surface area (Å²) >= 11 is 0. The number of aliphatic hydroxyl groups is 2. The number of rotatable bonds is 4. The van der Waals surface area contributed by atoms with Gasteiger partial charge in [0.25, 0.3) is 0 Å². The zero-order valence-corrected chi connectivity index (χ0v) is 11.8. The highest BCUT2D eigenvalue weighted by Gasteiger charge is 2.22. The minimum Gasteiger partial charge on any atom is -0.393 e. The Balaban J connectivity index is 1.96. The number of aromatic nitrogens is 1. The van der Waals surface area contributed by atoms with Crippen molar-refractivity contribution >= 4 is 5.69 Å². The first kappa shape index (κ1) is 14.3. The van der Waals surface area contributed by atoms with Gasteiger partial charge in [0.2, 0.25) is 0 Å². The van der Waals surface area contributed by atoms with E-state index < -0.39 is 6.10 Å². The molecule has 1 aromatic heterocycles. The number of aliphatic hydroxyl groups excluding tert-OH is 2. The van der Waals surface area contributed by atoms with Gasteiger partial charge < -0.3 is 15.1 Å². The van der Waals surface area contributed by atoms with Gasteiger partial charge in [0, 0.05) is 13.1 Å². The molecule has 0 aliphatic carbocycles. The normalized spacial score (nSPS) is 20.3. The Kier molecular flexibility index (Phi) is 4.77. The van der Waals surface area contributed by atoms with Gasteiger partial charge in [-0.15, -0.1) is 0 Å². The summed E-state index contributed by atoms with van der Waals surface area (Å²) in [5, 5.41) is 19.3. The Morgan fingerprint density at radius 1 is 1.32 bits per heavy atom. The van der Waals surface area contributed by atoms with Crippen molar-refractivity contribution in [3.05, 3.63) is 24.0 Å². The van der Waals surface area contributed by atoms with Crippen LogP contribution >= 0.6 is 0 Å². The number of nitrogens with zero attached hydrogens (tertiary/aromatic N) is 2. The molecule has 106 valence electrons. The first-order valence-corrected chi connectivity index (χ1v) is 7.18. The highest BCUT2D eigenvalue weighted by atomic mass is 16.3. The van der Waals surface area contributed by atoms with Gasteiger partial charge in [-0.05, 0) is 44.2 Å². The second-order valence-corrected chi connectivity index (χ2v) is 5.43. The Morgan fingerprint density at radius 2 is 2.00 bits per heavy atom. The largest absolute Gasteiger partial charge is 0.393 e. The van der Waals surface area contributed by atoms with E-state index in [1.165, 1.54) is 0 Å². The molecule has 0 bridgehead atoms. The fourth-order valence-electron chi connectivity index (χ4n) is 2.63. The lowest BCUT2D eigenvalue weighted by atomic mass is 9.92. The summed E-state index contributed by atoms with van der Waals surface area (Å²) in [6, 6.07) is 3.94. The van der Waals surface area contributed by atoms with Crippen molar-refractivity contribution in [1.29, 1.82) is 0 Å². The number of anilines is 1. The SMILES string of the molecule is CC[C@H](O)c1ccc(N2CCC(C(C)O)CC2)cn1. The zero-order chi connectivity index (χ0) is 13.8. The fraction of sp³-hybridized carbons (Fsp3) is 0.667. The maximum atomic E-state index is 9.72. The second kappa shape index (κ2) is 6.35. The third-order valence-electron chi connectivity index (χ3n) is 4.09. The van der Waals surface area contributed by atoms with Gasteiger partial charge >= 0.3 is 0 Å². The molecule has 0 aromatic carbocycles. The van der Waals surface area contributed by atoms with Crippen LogP contribution in [0.2, 0.25) is 0 Å². The summed E-state index contributed by atoms with van der Waals surface area (Å²) in [4.78, 5) is 6.64. The summed E-state index contributed by atoms with van der Waals surface area (Å²) in [5.41, 5.74) is 1.85. The van der Waals surface area contributed by atoms with Crippen LogP contribution in [0.15, 0.2) is 18.3 Å². The van der Waals surface area contributed by atoms with Gasteiger partial charge in [-0.1, -0.05) is 6.92 Å². The van der Waals surface area contributed by atoms with Crippen LogP contribution in [0.25, 0.3) is 0 Å². The van der Waals surface area contributed by atoms with Crippen LogP contribution in [0.4, 0.5) is 5.69 Å². The third kappa shape index (κ3) is 3.45. The van der Waals surface area contributed by atoms with E-state index in [2.05, 4.69) is 9.88 Å². The first-order valence-electron chi connectivity index (χ1n) is 7.18. The molecule has 2 rings (SSSR count). The molecule has 4 nitrogen and oxygen atoms in total. The fourth-order valence-corrected chi connectivity index (χ4v) is 2.63. The van der Waals surface area contributed by atoms with Crippen molar-refractivity contribution in [2.75, 3.05) is 18.0 Å². The van der Waals surface area contributed by atoms with Crippen molar-refractivity contribution in [3.63, 3.8) is 0 Å². The van der Waals surface area contributed by atoms with E-state index in [9.17, 15) is 10.2 Å². The Morgan fingerprint density at radius 3 is 2.47 bits per heavy atom. The lowest BCUT2D eigenvalue weighted by molar-refractivity contribution is 0.110. The lowest BCUT2D eigenvalue weighted by Crippen LogP contribution is -2.37. The topological polar surface area (TPSA) is 56.6 Å². The maximum absolute atomic E-state index is 9.72. The predicted octanol–water partition coefficient (Wildman–Crippen LogP) is 2.12.